The molecule has 1 aromatic heterocycles. The maximum Gasteiger partial charge on any atom is 0.329 e. The molecule has 2 N–H and O–H groups in total. The number of nitrogens with zero attached hydrogens (tertiary/aromatic N) is 1. The van der Waals surface area contributed by atoms with Crippen LogP contribution < -0.4 is 5.32 Å². The molecule has 3 rings (SSSR count). The Bertz CT molecular complexity index is 558. The first kappa shape index (κ1) is 14.1. The fourth-order valence-electron chi connectivity index (χ4n) is 3.39. The Labute approximate surface area is 122 Å². The average molecular weight is 292 g/mol. The third-order valence-corrected chi connectivity index (χ3v) is 4.63. The number of nitrogens with one attached hydrogen (secondary N) is 1. The van der Waals surface area contributed by atoms with Crippen molar-refractivity contribution in [3.8, 4) is 0 Å². The zero-order valence-electron chi connectivity index (χ0n) is 12.0. The van der Waals surface area contributed by atoms with Gasteiger partial charge >= 0.3 is 5.97 Å². The second-order valence-electron chi connectivity index (χ2n) is 6.04. The first-order valence-corrected chi connectivity index (χ1v) is 7.66. The molecule has 0 aromatic carbocycles. The van der Waals surface area contributed by atoms with Gasteiger partial charge in [-0.1, -0.05) is 24.4 Å². The van der Waals surface area contributed by atoms with Crippen LogP contribution >= 0.6 is 0 Å². The van der Waals surface area contributed by atoms with E-state index in [0.29, 0.717) is 12.8 Å². The molecule has 6 heteroatoms. The van der Waals surface area contributed by atoms with Gasteiger partial charge in [-0.05, 0) is 32.1 Å². The summed E-state index contributed by atoms with van der Waals surface area (Å²) in [6.45, 7) is 0. The van der Waals surface area contributed by atoms with Gasteiger partial charge in [-0.2, -0.15) is 0 Å². The summed E-state index contributed by atoms with van der Waals surface area (Å²) in [4.78, 5) is 24.1. The number of aromatic nitrogens is 1. The van der Waals surface area contributed by atoms with Gasteiger partial charge in [0, 0.05) is 12.0 Å². The van der Waals surface area contributed by atoms with E-state index < -0.39 is 17.4 Å². The van der Waals surface area contributed by atoms with Crippen LogP contribution in [0.5, 0.6) is 0 Å². The summed E-state index contributed by atoms with van der Waals surface area (Å²) in [7, 11) is 0. The molecule has 0 atom stereocenters. The topological polar surface area (TPSA) is 92.4 Å². The van der Waals surface area contributed by atoms with E-state index in [2.05, 4.69) is 10.5 Å². The van der Waals surface area contributed by atoms with Gasteiger partial charge in [-0.25, -0.2) is 4.79 Å². The number of hydrogen-bond acceptors (Lipinski definition) is 4. The van der Waals surface area contributed by atoms with Crippen molar-refractivity contribution in [3.05, 3.63) is 17.0 Å². The molecule has 0 unspecified atom stereocenters. The van der Waals surface area contributed by atoms with Crippen LogP contribution in [0, 0.1) is 0 Å². The molecule has 1 saturated carbocycles. The summed E-state index contributed by atoms with van der Waals surface area (Å²) in [5.41, 5.74) is -0.0125. The number of hydrogen-bond donors (Lipinski definition) is 2. The average Bonchev–Trinajstić information content (AvgIpc) is 2.92. The maximum atomic E-state index is 12.5. The molecule has 2 aliphatic rings. The monoisotopic (exact) mass is 292 g/mol. The summed E-state index contributed by atoms with van der Waals surface area (Å²) in [5, 5.41) is 16.1. The largest absolute Gasteiger partial charge is 0.480 e. The minimum absolute atomic E-state index is 0.274. The maximum absolute atomic E-state index is 12.5. The zero-order valence-corrected chi connectivity index (χ0v) is 12.0. The zero-order chi connectivity index (χ0) is 14.9. The van der Waals surface area contributed by atoms with Crippen molar-refractivity contribution >= 4 is 11.9 Å². The second kappa shape index (κ2) is 5.50. The van der Waals surface area contributed by atoms with Crippen molar-refractivity contribution in [3.63, 3.8) is 0 Å². The van der Waals surface area contributed by atoms with Crippen LogP contribution in [0.2, 0.25) is 0 Å². The van der Waals surface area contributed by atoms with E-state index in [0.717, 1.165) is 56.3 Å². The number of carbonyl (C=O) groups is 2. The molecule has 0 spiro atoms. The van der Waals surface area contributed by atoms with Gasteiger partial charge in [0.1, 0.15) is 11.3 Å². The van der Waals surface area contributed by atoms with Crippen molar-refractivity contribution in [1.29, 1.82) is 0 Å². The lowest BCUT2D eigenvalue weighted by Crippen LogP contribution is -2.55. The third-order valence-electron chi connectivity index (χ3n) is 4.63. The highest BCUT2D eigenvalue weighted by Crippen LogP contribution is 2.30. The highest BCUT2D eigenvalue weighted by atomic mass is 16.5. The van der Waals surface area contributed by atoms with Crippen molar-refractivity contribution in [2.75, 3.05) is 0 Å². The second-order valence-corrected chi connectivity index (χ2v) is 6.04. The van der Waals surface area contributed by atoms with E-state index >= 15 is 0 Å². The van der Waals surface area contributed by atoms with Gasteiger partial charge in [0.25, 0.3) is 5.91 Å². The van der Waals surface area contributed by atoms with E-state index in [1.54, 1.807) is 0 Å². The van der Waals surface area contributed by atoms with Crippen LogP contribution in [-0.2, 0) is 17.6 Å². The van der Waals surface area contributed by atoms with Gasteiger partial charge in [-0.15, -0.1) is 0 Å². The molecule has 0 bridgehead atoms. The fourth-order valence-corrected chi connectivity index (χ4v) is 3.39. The van der Waals surface area contributed by atoms with E-state index in [-0.39, 0.29) is 5.69 Å². The highest BCUT2D eigenvalue weighted by Gasteiger charge is 2.42. The van der Waals surface area contributed by atoms with Crippen LogP contribution in [0.3, 0.4) is 0 Å². The number of fused-ring (bicyclic) bond motifs is 1. The number of amides is 1. The Balaban J connectivity index is 1.82. The number of aliphatic carboxylic acids is 1. The molecule has 21 heavy (non-hydrogen) atoms. The number of aryl methyl sites for hydroxylation is 1. The predicted octanol–water partition coefficient (Wildman–Crippen LogP) is 2.07. The molecule has 1 aromatic rings. The van der Waals surface area contributed by atoms with Gasteiger partial charge in [0.2, 0.25) is 0 Å². The number of rotatable bonds is 3. The number of carboxylic acid groups (broad SMARTS) is 1. The van der Waals surface area contributed by atoms with E-state index in [4.69, 9.17) is 4.52 Å². The van der Waals surface area contributed by atoms with E-state index in [1.165, 1.54) is 0 Å². The summed E-state index contributed by atoms with van der Waals surface area (Å²) < 4.78 is 5.23. The predicted molar refractivity (Wildman–Crippen MR) is 74.1 cm³/mol. The molecule has 1 fully saturated rings. The molecule has 6 nitrogen and oxygen atoms in total. The first-order chi connectivity index (χ1) is 10.1. The SMILES string of the molecule is O=C(NC1(C(=O)O)CCCCC1)c1noc2c1CCCC2. The van der Waals surface area contributed by atoms with Crippen LogP contribution in [-0.4, -0.2) is 27.7 Å². The van der Waals surface area contributed by atoms with E-state index in [9.17, 15) is 14.7 Å². The third kappa shape index (κ3) is 2.54. The molecule has 1 heterocycles. The van der Waals surface area contributed by atoms with Gasteiger partial charge < -0.3 is 14.9 Å². The van der Waals surface area contributed by atoms with Crippen LogP contribution in [0.4, 0.5) is 0 Å². The van der Waals surface area contributed by atoms with Crippen molar-refractivity contribution in [2.24, 2.45) is 0 Å². The Morgan fingerprint density at radius 3 is 2.52 bits per heavy atom. The molecule has 0 saturated heterocycles. The highest BCUT2D eigenvalue weighted by molar-refractivity contribution is 5.97. The van der Waals surface area contributed by atoms with Crippen LogP contribution in [0.1, 0.15) is 66.8 Å². The van der Waals surface area contributed by atoms with Gasteiger partial charge in [-0.3, -0.25) is 4.79 Å². The van der Waals surface area contributed by atoms with Crippen molar-refractivity contribution in [1.82, 2.24) is 10.5 Å². The molecule has 2 aliphatic carbocycles. The minimum Gasteiger partial charge on any atom is -0.480 e. The smallest absolute Gasteiger partial charge is 0.329 e. The lowest BCUT2D eigenvalue weighted by Gasteiger charge is -2.33. The van der Waals surface area contributed by atoms with Crippen molar-refractivity contribution in [2.45, 2.75) is 63.3 Å². The minimum atomic E-state index is -1.14. The summed E-state index contributed by atoms with van der Waals surface area (Å²) in [6, 6.07) is 0. The summed E-state index contributed by atoms with van der Waals surface area (Å²) >= 11 is 0. The van der Waals surface area contributed by atoms with Gasteiger partial charge in [0.15, 0.2) is 5.69 Å². The fraction of sp³-hybridized carbons (Fsp3) is 0.667. The van der Waals surface area contributed by atoms with E-state index in [1.807, 2.05) is 0 Å². The number of carbonyl (C=O) groups excluding carboxylic acids is 1. The standard InChI is InChI=1S/C15H20N2O4/c18-13(12-10-6-2-3-7-11(10)21-17-12)16-15(14(19)20)8-4-1-5-9-15/h1-9H2,(H,16,18)(H,19,20). The Hall–Kier alpha value is -1.85. The lowest BCUT2D eigenvalue weighted by molar-refractivity contribution is -0.145. The lowest BCUT2D eigenvalue weighted by atomic mass is 9.81. The molecular weight excluding hydrogens is 272 g/mol. The molecule has 1 amide bonds. The molecule has 0 aliphatic heterocycles. The Morgan fingerprint density at radius 2 is 1.81 bits per heavy atom. The summed E-state index contributed by atoms with van der Waals surface area (Å²) in [5.74, 6) is -0.585. The Kier molecular flexibility index (Phi) is 3.69. The molecule has 114 valence electrons. The van der Waals surface area contributed by atoms with Crippen LogP contribution in [0.15, 0.2) is 4.52 Å². The quantitative estimate of drug-likeness (QED) is 0.889. The molecular formula is C15H20N2O4. The number of carboxylic acids is 1. The normalized spacial score (nSPS) is 20.6. The van der Waals surface area contributed by atoms with Crippen LogP contribution in [0.25, 0.3) is 0 Å². The summed E-state index contributed by atoms with van der Waals surface area (Å²) in [6.07, 6.45) is 7.27. The first-order valence-electron chi connectivity index (χ1n) is 7.66. The Morgan fingerprint density at radius 1 is 1.10 bits per heavy atom. The van der Waals surface area contributed by atoms with Gasteiger partial charge in [0.05, 0.1) is 0 Å². The molecule has 0 radical (unpaired) electrons. The van der Waals surface area contributed by atoms with Crippen molar-refractivity contribution < 1.29 is 19.2 Å².